The highest BCUT2D eigenvalue weighted by Crippen LogP contribution is 2.12. The molecule has 0 aromatic heterocycles. The summed E-state index contributed by atoms with van der Waals surface area (Å²) in [5.41, 5.74) is 0. The van der Waals surface area contributed by atoms with Crippen LogP contribution in [0.3, 0.4) is 0 Å². The Kier molecular flexibility index (Phi) is 10.7. The van der Waals surface area contributed by atoms with Crippen LogP contribution in [0.15, 0.2) is 0 Å². The van der Waals surface area contributed by atoms with Gasteiger partial charge in [-0.1, -0.05) is 26.7 Å². The molecule has 0 aliphatic carbocycles. The molecule has 0 saturated heterocycles. The highest BCUT2D eigenvalue weighted by atomic mass is 16.7. The maximum absolute atomic E-state index is 5.92. The fourth-order valence-electron chi connectivity index (χ4n) is 1.71. The SMILES string of the molecule is CCCCN(CCCC)C(OC(C)C)OC(C)C. The Morgan fingerprint density at radius 3 is 1.44 bits per heavy atom. The third-order valence-corrected chi connectivity index (χ3v) is 2.67. The highest BCUT2D eigenvalue weighted by Gasteiger charge is 2.21. The minimum Gasteiger partial charge on any atom is -0.337 e. The third-order valence-electron chi connectivity index (χ3n) is 2.67. The second kappa shape index (κ2) is 10.8. The van der Waals surface area contributed by atoms with Gasteiger partial charge in [0.15, 0.2) is 0 Å². The molecule has 3 nitrogen and oxygen atoms in total. The Hall–Kier alpha value is -0.120. The van der Waals surface area contributed by atoms with E-state index in [1.54, 1.807) is 0 Å². The number of rotatable bonds is 11. The fraction of sp³-hybridized carbons (Fsp3) is 1.00. The van der Waals surface area contributed by atoms with Gasteiger partial charge in [-0.25, -0.2) is 0 Å². The summed E-state index contributed by atoms with van der Waals surface area (Å²) in [6.07, 6.45) is 5.01. The number of ether oxygens (including phenoxy) is 2. The van der Waals surface area contributed by atoms with Gasteiger partial charge in [-0.3, -0.25) is 4.90 Å². The normalized spacial score (nSPS) is 12.3. The molecule has 0 amide bonds. The second-order valence-corrected chi connectivity index (χ2v) is 5.42. The number of hydrogen-bond donors (Lipinski definition) is 0. The van der Waals surface area contributed by atoms with Gasteiger partial charge in [0.2, 0.25) is 6.41 Å². The molecule has 0 aliphatic heterocycles. The minimum atomic E-state index is -0.192. The zero-order chi connectivity index (χ0) is 14.0. The summed E-state index contributed by atoms with van der Waals surface area (Å²) in [7, 11) is 0. The predicted octanol–water partition coefficient (Wildman–Crippen LogP) is 4.02. The maximum atomic E-state index is 5.92. The highest BCUT2D eigenvalue weighted by molar-refractivity contribution is 4.59. The van der Waals surface area contributed by atoms with E-state index in [0.29, 0.717) is 0 Å². The quantitative estimate of drug-likeness (QED) is 0.523. The monoisotopic (exact) mass is 259 g/mol. The van der Waals surface area contributed by atoms with E-state index in [-0.39, 0.29) is 18.6 Å². The average Bonchev–Trinajstić information content (AvgIpc) is 2.27. The van der Waals surface area contributed by atoms with Crippen LogP contribution in [0.2, 0.25) is 0 Å². The second-order valence-electron chi connectivity index (χ2n) is 5.42. The molecule has 0 atom stereocenters. The molecule has 0 radical (unpaired) electrons. The number of hydrogen-bond acceptors (Lipinski definition) is 3. The summed E-state index contributed by atoms with van der Waals surface area (Å²) in [4.78, 5) is 2.34. The molecule has 18 heavy (non-hydrogen) atoms. The van der Waals surface area contributed by atoms with Gasteiger partial charge in [0.1, 0.15) is 0 Å². The van der Waals surface area contributed by atoms with Crippen molar-refractivity contribution in [3.8, 4) is 0 Å². The van der Waals surface area contributed by atoms with E-state index >= 15 is 0 Å². The van der Waals surface area contributed by atoms with Crippen LogP contribution >= 0.6 is 0 Å². The van der Waals surface area contributed by atoms with E-state index in [4.69, 9.17) is 9.47 Å². The first kappa shape index (κ1) is 17.9. The third kappa shape index (κ3) is 8.90. The van der Waals surface area contributed by atoms with Crippen molar-refractivity contribution in [3.05, 3.63) is 0 Å². The van der Waals surface area contributed by atoms with Crippen LogP contribution in [0, 0.1) is 0 Å². The lowest BCUT2D eigenvalue weighted by atomic mass is 10.3. The minimum absolute atomic E-state index is 0.192. The first-order chi connectivity index (χ1) is 8.51. The lowest BCUT2D eigenvalue weighted by Gasteiger charge is -2.33. The van der Waals surface area contributed by atoms with Gasteiger partial charge in [-0.15, -0.1) is 0 Å². The first-order valence-corrected chi connectivity index (χ1v) is 7.56. The molecule has 0 heterocycles. The molecule has 0 fully saturated rings. The summed E-state index contributed by atoms with van der Waals surface area (Å²) in [5.74, 6) is 0. The Morgan fingerprint density at radius 1 is 0.778 bits per heavy atom. The first-order valence-electron chi connectivity index (χ1n) is 7.56. The van der Waals surface area contributed by atoms with E-state index in [1.807, 2.05) is 0 Å². The van der Waals surface area contributed by atoms with Crippen LogP contribution in [0.25, 0.3) is 0 Å². The van der Waals surface area contributed by atoms with E-state index in [1.165, 1.54) is 25.7 Å². The van der Waals surface area contributed by atoms with Crippen molar-refractivity contribution in [3.63, 3.8) is 0 Å². The molecule has 0 spiro atoms. The Morgan fingerprint density at radius 2 is 1.17 bits per heavy atom. The van der Waals surface area contributed by atoms with Crippen LogP contribution in [0.5, 0.6) is 0 Å². The molecular weight excluding hydrogens is 226 g/mol. The molecule has 0 unspecified atom stereocenters. The van der Waals surface area contributed by atoms with Gasteiger partial charge < -0.3 is 9.47 Å². The van der Waals surface area contributed by atoms with E-state index in [9.17, 15) is 0 Å². The zero-order valence-corrected chi connectivity index (χ0v) is 13.2. The molecule has 110 valence electrons. The Bertz CT molecular complexity index is 165. The van der Waals surface area contributed by atoms with E-state index < -0.39 is 0 Å². The van der Waals surface area contributed by atoms with E-state index in [0.717, 1.165) is 13.1 Å². The zero-order valence-electron chi connectivity index (χ0n) is 13.2. The lowest BCUT2D eigenvalue weighted by Crippen LogP contribution is -2.43. The lowest BCUT2D eigenvalue weighted by molar-refractivity contribution is -0.254. The summed E-state index contributed by atoms with van der Waals surface area (Å²) >= 11 is 0. The Balaban J connectivity index is 4.47. The van der Waals surface area contributed by atoms with Crippen LogP contribution < -0.4 is 0 Å². The number of unbranched alkanes of at least 4 members (excludes halogenated alkanes) is 2. The van der Waals surface area contributed by atoms with Gasteiger partial charge in [0, 0.05) is 13.1 Å². The number of nitrogens with zero attached hydrogens (tertiary/aromatic N) is 1. The van der Waals surface area contributed by atoms with Crippen molar-refractivity contribution in [2.45, 2.75) is 85.8 Å². The standard InChI is InChI=1S/C15H33NO2/c1-7-9-11-16(12-10-8-2)15(17-13(3)4)18-14(5)6/h13-15H,7-12H2,1-6H3. The van der Waals surface area contributed by atoms with Crippen molar-refractivity contribution in [1.82, 2.24) is 4.90 Å². The van der Waals surface area contributed by atoms with Gasteiger partial charge in [0.25, 0.3) is 0 Å². The van der Waals surface area contributed by atoms with Crippen molar-refractivity contribution < 1.29 is 9.47 Å². The van der Waals surface area contributed by atoms with Gasteiger partial charge in [-0.2, -0.15) is 0 Å². The smallest absolute Gasteiger partial charge is 0.219 e. The van der Waals surface area contributed by atoms with E-state index in [2.05, 4.69) is 46.4 Å². The van der Waals surface area contributed by atoms with Crippen molar-refractivity contribution in [2.24, 2.45) is 0 Å². The van der Waals surface area contributed by atoms with Gasteiger partial charge in [0.05, 0.1) is 12.2 Å². The van der Waals surface area contributed by atoms with Crippen molar-refractivity contribution in [2.75, 3.05) is 13.1 Å². The Labute approximate surface area is 114 Å². The van der Waals surface area contributed by atoms with Crippen LogP contribution in [0.1, 0.15) is 67.2 Å². The van der Waals surface area contributed by atoms with Gasteiger partial charge >= 0.3 is 0 Å². The molecule has 0 bridgehead atoms. The molecule has 0 aliphatic rings. The molecule has 0 saturated carbocycles. The van der Waals surface area contributed by atoms with Crippen molar-refractivity contribution in [1.29, 1.82) is 0 Å². The topological polar surface area (TPSA) is 21.7 Å². The summed E-state index contributed by atoms with van der Waals surface area (Å²) in [6, 6.07) is 0. The predicted molar refractivity (Wildman–Crippen MR) is 77.6 cm³/mol. The fourth-order valence-corrected chi connectivity index (χ4v) is 1.71. The van der Waals surface area contributed by atoms with Gasteiger partial charge in [-0.05, 0) is 40.5 Å². The maximum Gasteiger partial charge on any atom is 0.219 e. The van der Waals surface area contributed by atoms with Crippen LogP contribution in [0.4, 0.5) is 0 Å². The van der Waals surface area contributed by atoms with Crippen LogP contribution in [-0.4, -0.2) is 36.6 Å². The summed E-state index contributed by atoms with van der Waals surface area (Å²) in [5, 5.41) is 0. The van der Waals surface area contributed by atoms with Crippen LogP contribution in [-0.2, 0) is 9.47 Å². The molecule has 0 aromatic rings. The summed E-state index contributed by atoms with van der Waals surface area (Å²) < 4.78 is 11.8. The average molecular weight is 259 g/mol. The molecule has 0 rings (SSSR count). The molecular formula is C15H33NO2. The molecule has 3 heteroatoms. The largest absolute Gasteiger partial charge is 0.337 e. The van der Waals surface area contributed by atoms with Crippen molar-refractivity contribution >= 4 is 0 Å². The summed E-state index contributed by atoms with van der Waals surface area (Å²) in [6.45, 7) is 14.8. The molecule has 0 N–H and O–H groups in total. The molecule has 0 aromatic carbocycles.